The van der Waals surface area contributed by atoms with E-state index in [-0.39, 0.29) is 16.8 Å². The van der Waals surface area contributed by atoms with E-state index in [2.05, 4.69) is 9.82 Å². The van der Waals surface area contributed by atoms with Crippen LogP contribution in [0.3, 0.4) is 0 Å². The summed E-state index contributed by atoms with van der Waals surface area (Å²) < 4.78 is 40.5. The number of sulfonamides is 1. The molecular weight excluding hydrogens is 431 g/mol. The number of halogens is 1. The van der Waals surface area contributed by atoms with Gasteiger partial charge in [0.1, 0.15) is 5.82 Å². The topological polar surface area (TPSA) is 105 Å². The van der Waals surface area contributed by atoms with Gasteiger partial charge >= 0.3 is 0 Å². The van der Waals surface area contributed by atoms with Gasteiger partial charge in [0.05, 0.1) is 16.6 Å². The number of amides is 1. The highest BCUT2D eigenvalue weighted by Crippen LogP contribution is 2.33. The molecule has 1 heterocycles. The highest BCUT2D eigenvalue weighted by Gasteiger charge is 2.31. The molecule has 0 fully saturated rings. The Bertz CT molecular complexity index is 1290. The molecule has 1 atom stereocenters. The third kappa shape index (κ3) is 4.47. The molecule has 1 aliphatic rings. The predicted molar refractivity (Wildman–Crippen MR) is 121 cm³/mol. The summed E-state index contributed by atoms with van der Waals surface area (Å²) in [4.78, 5) is 12.1. The number of carbonyl (C=O) groups is 1. The van der Waals surface area contributed by atoms with Crippen LogP contribution in [0.1, 0.15) is 30.5 Å². The molecule has 1 aliphatic heterocycles. The quantitative estimate of drug-likeness (QED) is 0.573. The first-order valence-electron chi connectivity index (χ1n) is 9.84. The largest absolute Gasteiger partial charge is 0.399 e. The number of rotatable bonds is 5. The molecule has 9 heteroatoms. The molecule has 1 amide bonds. The van der Waals surface area contributed by atoms with E-state index in [0.29, 0.717) is 23.5 Å². The third-order valence-electron chi connectivity index (χ3n) is 5.12. The van der Waals surface area contributed by atoms with Crippen molar-refractivity contribution in [2.75, 3.05) is 10.5 Å². The first kappa shape index (κ1) is 21.5. The fourth-order valence-electron chi connectivity index (χ4n) is 3.56. The molecule has 3 aromatic carbocycles. The van der Waals surface area contributed by atoms with Crippen molar-refractivity contribution in [3.63, 3.8) is 0 Å². The average Bonchev–Trinajstić information content (AvgIpc) is 3.20. The van der Waals surface area contributed by atoms with Crippen LogP contribution in [0, 0.1) is 5.82 Å². The molecule has 0 aromatic heterocycles. The van der Waals surface area contributed by atoms with Gasteiger partial charge in [0.25, 0.3) is 10.0 Å². The molecule has 4 rings (SSSR count). The SMILES string of the molecule is CC(=O)N1N=C(c2ccc(NS(=O)(=O)c3ccc(F)cc3)cc2)C[C@H]1c1cccc(N)c1. The molecular formula is C23H21FN4O3S. The van der Waals surface area contributed by atoms with Gasteiger partial charge in [0.15, 0.2) is 0 Å². The minimum absolute atomic E-state index is 0.0368. The lowest BCUT2D eigenvalue weighted by Gasteiger charge is -2.20. The monoisotopic (exact) mass is 452 g/mol. The summed E-state index contributed by atoms with van der Waals surface area (Å²) in [6, 6.07) is 18.4. The number of benzene rings is 3. The number of carbonyl (C=O) groups excluding carboxylic acids is 1. The molecule has 3 aromatic rings. The van der Waals surface area contributed by atoms with Gasteiger partial charge < -0.3 is 5.73 Å². The van der Waals surface area contributed by atoms with Crippen molar-refractivity contribution < 1.29 is 17.6 Å². The van der Waals surface area contributed by atoms with Crippen molar-refractivity contribution in [3.8, 4) is 0 Å². The second kappa shape index (κ2) is 8.43. The summed E-state index contributed by atoms with van der Waals surface area (Å²) in [6.45, 7) is 1.46. The second-order valence-corrected chi connectivity index (χ2v) is 9.12. The van der Waals surface area contributed by atoms with Crippen LogP contribution in [0.15, 0.2) is 82.8 Å². The van der Waals surface area contributed by atoms with Crippen molar-refractivity contribution in [1.82, 2.24) is 5.01 Å². The Morgan fingerprint density at radius 1 is 1.09 bits per heavy atom. The molecule has 164 valence electrons. The molecule has 0 aliphatic carbocycles. The second-order valence-electron chi connectivity index (χ2n) is 7.44. The van der Waals surface area contributed by atoms with E-state index in [9.17, 15) is 17.6 Å². The fraction of sp³-hybridized carbons (Fsp3) is 0.130. The van der Waals surface area contributed by atoms with Gasteiger partial charge in [-0.1, -0.05) is 24.3 Å². The summed E-state index contributed by atoms with van der Waals surface area (Å²) in [5.74, 6) is -0.696. The lowest BCUT2D eigenvalue weighted by Crippen LogP contribution is -2.24. The molecule has 3 N–H and O–H groups in total. The van der Waals surface area contributed by atoms with Crippen LogP contribution < -0.4 is 10.5 Å². The van der Waals surface area contributed by atoms with Crippen LogP contribution in [-0.4, -0.2) is 25.0 Å². The van der Waals surface area contributed by atoms with E-state index >= 15 is 0 Å². The fourth-order valence-corrected chi connectivity index (χ4v) is 4.62. The van der Waals surface area contributed by atoms with Gasteiger partial charge in [0, 0.05) is 24.7 Å². The summed E-state index contributed by atoms with van der Waals surface area (Å²) in [5, 5.41) is 5.93. The van der Waals surface area contributed by atoms with Crippen molar-refractivity contribution in [2.45, 2.75) is 24.3 Å². The zero-order valence-corrected chi connectivity index (χ0v) is 18.0. The maximum atomic E-state index is 13.1. The van der Waals surface area contributed by atoms with E-state index < -0.39 is 15.8 Å². The van der Waals surface area contributed by atoms with Crippen molar-refractivity contribution in [2.24, 2.45) is 5.10 Å². The van der Waals surface area contributed by atoms with Crippen LogP contribution in [-0.2, 0) is 14.8 Å². The van der Waals surface area contributed by atoms with E-state index in [0.717, 1.165) is 23.3 Å². The first-order valence-corrected chi connectivity index (χ1v) is 11.3. The van der Waals surface area contributed by atoms with Crippen LogP contribution in [0.2, 0.25) is 0 Å². The van der Waals surface area contributed by atoms with Gasteiger partial charge in [-0.05, 0) is 59.7 Å². The Labute approximate surface area is 185 Å². The molecule has 32 heavy (non-hydrogen) atoms. The standard InChI is InChI=1S/C23H21FN4O3S/c1-15(29)28-23(17-3-2-4-19(25)13-17)14-22(26-28)16-5-9-20(10-6-16)27-32(30,31)21-11-7-18(24)8-12-21/h2-13,23,27H,14,25H2,1H3/t23-/m0/s1. The van der Waals surface area contributed by atoms with Gasteiger partial charge in [-0.3, -0.25) is 9.52 Å². The molecule has 0 bridgehead atoms. The van der Waals surface area contributed by atoms with E-state index in [1.807, 2.05) is 18.2 Å². The molecule has 0 saturated carbocycles. The number of nitrogens with one attached hydrogen (secondary N) is 1. The van der Waals surface area contributed by atoms with E-state index in [1.165, 1.54) is 24.1 Å². The molecule has 0 spiro atoms. The average molecular weight is 453 g/mol. The van der Waals surface area contributed by atoms with E-state index in [4.69, 9.17) is 5.73 Å². The van der Waals surface area contributed by atoms with Crippen LogP contribution >= 0.6 is 0 Å². The van der Waals surface area contributed by atoms with Crippen LogP contribution in [0.4, 0.5) is 15.8 Å². The summed E-state index contributed by atoms with van der Waals surface area (Å²) in [5.41, 5.74) is 9.23. The molecule has 0 unspecified atom stereocenters. The number of nitrogens with two attached hydrogens (primary N) is 1. The Morgan fingerprint density at radius 3 is 2.41 bits per heavy atom. The zero-order valence-electron chi connectivity index (χ0n) is 17.2. The Balaban J connectivity index is 1.54. The Morgan fingerprint density at radius 2 is 1.78 bits per heavy atom. The third-order valence-corrected chi connectivity index (χ3v) is 6.52. The Hall–Kier alpha value is -3.72. The van der Waals surface area contributed by atoms with Gasteiger partial charge in [-0.25, -0.2) is 17.8 Å². The zero-order chi connectivity index (χ0) is 22.9. The van der Waals surface area contributed by atoms with Gasteiger partial charge in [-0.2, -0.15) is 5.10 Å². The summed E-state index contributed by atoms with van der Waals surface area (Å²) in [6.07, 6.45) is 0.504. The normalized spacial score (nSPS) is 16.0. The van der Waals surface area contributed by atoms with Gasteiger partial charge in [0.2, 0.25) is 5.91 Å². The number of anilines is 2. The van der Waals surface area contributed by atoms with Crippen molar-refractivity contribution in [1.29, 1.82) is 0 Å². The summed E-state index contributed by atoms with van der Waals surface area (Å²) in [7, 11) is -3.84. The van der Waals surface area contributed by atoms with Gasteiger partial charge in [-0.15, -0.1) is 0 Å². The lowest BCUT2D eigenvalue weighted by molar-refractivity contribution is -0.130. The molecule has 7 nitrogen and oxygen atoms in total. The molecule has 0 saturated heterocycles. The van der Waals surface area contributed by atoms with Crippen LogP contribution in [0.5, 0.6) is 0 Å². The number of nitrogen functional groups attached to an aromatic ring is 1. The maximum Gasteiger partial charge on any atom is 0.261 e. The maximum absolute atomic E-state index is 13.1. The molecule has 0 radical (unpaired) electrons. The number of nitrogens with zero attached hydrogens (tertiary/aromatic N) is 2. The first-order chi connectivity index (χ1) is 15.2. The van der Waals surface area contributed by atoms with Crippen molar-refractivity contribution in [3.05, 3.63) is 89.7 Å². The number of hydrazone groups is 1. The Kier molecular flexibility index (Phi) is 5.67. The van der Waals surface area contributed by atoms with E-state index in [1.54, 1.807) is 30.3 Å². The predicted octanol–water partition coefficient (Wildman–Crippen LogP) is 3.91. The number of hydrogen-bond donors (Lipinski definition) is 2. The highest BCUT2D eigenvalue weighted by atomic mass is 32.2. The minimum Gasteiger partial charge on any atom is -0.399 e. The van der Waals surface area contributed by atoms with Crippen molar-refractivity contribution >= 4 is 33.0 Å². The highest BCUT2D eigenvalue weighted by molar-refractivity contribution is 7.92. The summed E-state index contributed by atoms with van der Waals surface area (Å²) >= 11 is 0. The minimum atomic E-state index is -3.84. The smallest absolute Gasteiger partial charge is 0.261 e. The van der Waals surface area contributed by atoms with Crippen LogP contribution in [0.25, 0.3) is 0 Å². The number of hydrogen-bond acceptors (Lipinski definition) is 5. The lowest BCUT2D eigenvalue weighted by atomic mass is 9.98.